The van der Waals surface area contributed by atoms with Crippen molar-refractivity contribution in [1.29, 1.82) is 0 Å². The van der Waals surface area contributed by atoms with Gasteiger partial charge in [-0.1, -0.05) is 28.1 Å². The van der Waals surface area contributed by atoms with Crippen molar-refractivity contribution in [2.45, 2.75) is 26.8 Å². The van der Waals surface area contributed by atoms with Crippen LogP contribution in [0.4, 0.5) is 0 Å². The van der Waals surface area contributed by atoms with Gasteiger partial charge in [0.1, 0.15) is 0 Å². The molecule has 0 aliphatic carbocycles. The monoisotopic (exact) mass is 306 g/mol. The van der Waals surface area contributed by atoms with E-state index in [0.717, 1.165) is 27.7 Å². The Morgan fingerprint density at radius 2 is 2.22 bits per heavy atom. The zero-order valence-electron chi connectivity index (χ0n) is 10.5. The van der Waals surface area contributed by atoms with E-state index in [0.29, 0.717) is 6.42 Å². The molecule has 0 unspecified atom stereocenters. The fourth-order valence-corrected chi connectivity index (χ4v) is 2.10. The Labute approximate surface area is 115 Å². The summed E-state index contributed by atoms with van der Waals surface area (Å²) in [6.07, 6.45) is 4.07. The van der Waals surface area contributed by atoms with Gasteiger partial charge in [-0.15, -0.1) is 0 Å². The van der Waals surface area contributed by atoms with Crippen molar-refractivity contribution in [2.75, 3.05) is 0 Å². The summed E-state index contributed by atoms with van der Waals surface area (Å²) in [6.45, 7) is 4.85. The van der Waals surface area contributed by atoms with E-state index in [9.17, 15) is 4.79 Å². The zero-order valence-corrected chi connectivity index (χ0v) is 12.1. The second kappa shape index (κ2) is 5.48. The number of hydrogen-bond donors (Lipinski definition) is 0. The molecule has 1 heterocycles. The fraction of sp³-hybridized carbons (Fsp3) is 0.286. The molecular weight excluding hydrogens is 292 g/mol. The Bertz CT molecular complexity index is 575. The van der Waals surface area contributed by atoms with Gasteiger partial charge >= 0.3 is 0 Å². The van der Waals surface area contributed by atoms with Crippen LogP contribution in [-0.4, -0.2) is 15.6 Å². The molecular formula is C14H15BrN2O. The minimum Gasteiger partial charge on any atom is -0.294 e. The van der Waals surface area contributed by atoms with Gasteiger partial charge in [0.15, 0.2) is 5.78 Å². The predicted molar refractivity (Wildman–Crippen MR) is 74.8 cm³/mol. The van der Waals surface area contributed by atoms with Crippen molar-refractivity contribution in [3.63, 3.8) is 0 Å². The van der Waals surface area contributed by atoms with Crippen LogP contribution < -0.4 is 0 Å². The van der Waals surface area contributed by atoms with Crippen LogP contribution >= 0.6 is 15.9 Å². The number of Topliss-reactive ketones (excluding diaryl/α,β-unsaturated/α-hetero) is 1. The van der Waals surface area contributed by atoms with Gasteiger partial charge in [0.2, 0.25) is 0 Å². The first-order valence-electron chi connectivity index (χ1n) is 5.91. The lowest BCUT2D eigenvalue weighted by atomic mass is 10.0. The van der Waals surface area contributed by atoms with Gasteiger partial charge in [0.05, 0.1) is 6.20 Å². The molecule has 0 amide bonds. The first-order chi connectivity index (χ1) is 8.60. The van der Waals surface area contributed by atoms with Gasteiger partial charge in [-0.2, -0.15) is 5.10 Å². The molecule has 94 valence electrons. The van der Waals surface area contributed by atoms with Gasteiger partial charge in [-0.05, 0) is 31.0 Å². The Hall–Kier alpha value is -1.42. The SMILES string of the molecule is CCn1cc(CC(=O)c2ccc(C)c(Br)c2)cn1. The van der Waals surface area contributed by atoms with Crippen molar-refractivity contribution in [1.82, 2.24) is 9.78 Å². The van der Waals surface area contributed by atoms with E-state index in [1.165, 1.54) is 0 Å². The minimum atomic E-state index is 0.117. The highest BCUT2D eigenvalue weighted by Gasteiger charge is 2.09. The fourth-order valence-electron chi connectivity index (χ4n) is 1.72. The highest BCUT2D eigenvalue weighted by atomic mass is 79.9. The van der Waals surface area contributed by atoms with E-state index >= 15 is 0 Å². The van der Waals surface area contributed by atoms with Gasteiger partial charge in [-0.3, -0.25) is 9.48 Å². The molecule has 0 aliphatic rings. The number of benzene rings is 1. The molecule has 0 aliphatic heterocycles. The summed E-state index contributed by atoms with van der Waals surface area (Å²) >= 11 is 3.45. The summed E-state index contributed by atoms with van der Waals surface area (Å²) in [5, 5.41) is 4.17. The minimum absolute atomic E-state index is 0.117. The van der Waals surface area contributed by atoms with Crippen LogP contribution in [0.25, 0.3) is 0 Å². The lowest BCUT2D eigenvalue weighted by Crippen LogP contribution is -2.03. The number of rotatable bonds is 4. The third-order valence-corrected chi connectivity index (χ3v) is 3.72. The average Bonchev–Trinajstić information content (AvgIpc) is 2.80. The third kappa shape index (κ3) is 2.88. The molecule has 0 saturated heterocycles. The van der Waals surface area contributed by atoms with Crippen molar-refractivity contribution in [2.24, 2.45) is 0 Å². The summed E-state index contributed by atoms with van der Waals surface area (Å²) in [5.74, 6) is 0.117. The first kappa shape index (κ1) is 13.0. The van der Waals surface area contributed by atoms with Crippen LogP contribution in [0.5, 0.6) is 0 Å². The molecule has 4 heteroatoms. The van der Waals surface area contributed by atoms with Gasteiger partial charge in [0, 0.05) is 29.2 Å². The van der Waals surface area contributed by atoms with Crippen LogP contribution in [0.15, 0.2) is 35.1 Å². The number of nitrogens with zero attached hydrogens (tertiary/aromatic N) is 2. The van der Waals surface area contributed by atoms with E-state index in [2.05, 4.69) is 21.0 Å². The summed E-state index contributed by atoms with van der Waals surface area (Å²) in [7, 11) is 0. The summed E-state index contributed by atoms with van der Waals surface area (Å²) in [4.78, 5) is 12.1. The molecule has 0 fully saturated rings. The highest BCUT2D eigenvalue weighted by Crippen LogP contribution is 2.18. The van der Waals surface area contributed by atoms with Crippen LogP contribution in [-0.2, 0) is 13.0 Å². The Morgan fingerprint density at radius 3 is 2.83 bits per heavy atom. The number of carbonyl (C=O) groups excluding carboxylic acids is 1. The molecule has 3 nitrogen and oxygen atoms in total. The van der Waals surface area contributed by atoms with Crippen LogP contribution in [0.1, 0.15) is 28.4 Å². The van der Waals surface area contributed by atoms with E-state index in [1.54, 1.807) is 6.20 Å². The second-order valence-corrected chi connectivity index (χ2v) is 5.12. The predicted octanol–water partition coefficient (Wildman–Crippen LogP) is 3.40. The standard InChI is InChI=1S/C14H15BrN2O/c1-3-17-9-11(8-16-17)6-14(18)12-5-4-10(2)13(15)7-12/h4-5,7-9H,3,6H2,1-2H3. The molecule has 1 aromatic heterocycles. The molecule has 1 aromatic carbocycles. The Kier molecular flexibility index (Phi) is 3.97. The molecule has 0 N–H and O–H groups in total. The lowest BCUT2D eigenvalue weighted by Gasteiger charge is -2.02. The first-order valence-corrected chi connectivity index (χ1v) is 6.70. The number of hydrogen-bond acceptors (Lipinski definition) is 2. The van der Waals surface area contributed by atoms with Gasteiger partial charge < -0.3 is 0 Å². The van der Waals surface area contributed by atoms with E-state index < -0.39 is 0 Å². The van der Waals surface area contributed by atoms with Crippen molar-refractivity contribution in [3.8, 4) is 0 Å². The van der Waals surface area contributed by atoms with E-state index in [4.69, 9.17) is 0 Å². The maximum Gasteiger partial charge on any atom is 0.167 e. The second-order valence-electron chi connectivity index (χ2n) is 4.27. The molecule has 2 aromatic rings. The Balaban J connectivity index is 2.14. The maximum atomic E-state index is 12.1. The van der Waals surface area contributed by atoms with E-state index in [-0.39, 0.29) is 5.78 Å². The quantitative estimate of drug-likeness (QED) is 0.812. The van der Waals surface area contributed by atoms with Crippen molar-refractivity contribution in [3.05, 3.63) is 51.8 Å². The van der Waals surface area contributed by atoms with E-state index in [1.807, 2.05) is 42.9 Å². The molecule has 2 rings (SSSR count). The smallest absolute Gasteiger partial charge is 0.167 e. The molecule has 0 bridgehead atoms. The van der Waals surface area contributed by atoms with Crippen LogP contribution in [0, 0.1) is 6.92 Å². The van der Waals surface area contributed by atoms with Gasteiger partial charge in [0.25, 0.3) is 0 Å². The Morgan fingerprint density at radius 1 is 1.44 bits per heavy atom. The summed E-state index contributed by atoms with van der Waals surface area (Å²) < 4.78 is 2.80. The molecule has 18 heavy (non-hydrogen) atoms. The zero-order chi connectivity index (χ0) is 13.1. The number of carbonyl (C=O) groups is 1. The van der Waals surface area contributed by atoms with Crippen LogP contribution in [0.3, 0.4) is 0 Å². The summed E-state index contributed by atoms with van der Waals surface area (Å²) in [6, 6.07) is 5.70. The molecule has 0 saturated carbocycles. The largest absolute Gasteiger partial charge is 0.294 e. The number of ketones is 1. The maximum absolute atomic E-state index is 12.1. The number of aromatic nitrogens is 2. The topological polar surface area (TPSA) is 34.9 Å². The molecule has 0 radical (unpaired) electrons. The lowest BCUT2D eigenvalue weighted by molar-refractivity contribution is 0.0993. The normalized spacial score (nSPS) is 10.6. The average molecular weight is 307 g/mol. The molecule has 0 spiro atoms. The number of halogens is 1. The summed E-state index contributed by atoms with van der Waals surface area (Å²) in [5.41, 5.74) is 2.82. The highest BCUT2D eigenvalue weighted by molar-refractivity contribution is 9.10. The van der Waals surface area contributed by atoms with Crippen LogP contribution in [0.2, 0.25) is 0 Å². The van der Waals surface area contributed by atoms with Gasteiger partial charge in [-0.25, -0.2) is 0 Å². The number of aryl methyl sites for hydroxylation is 2. The third-order valence-electron chi connectivity index (χ3n) is 2.87. The van der Waals surface area contributed by atoms with Crippen molar-refractivity contribution >= 4 is 21.7 Å². The van der Waals surface area contributed by atoms with Crippen molar-refractivity contribution < 1.29 is 4.79 Å². The molecule has 0 atom stereocenters.